The molecule has 0 unspecified atom stereocenters. The summed E-state index contributed by atoms with van der Waals surface area (Å²) in [6.07, 6.45) is 4.44. The van der Waals surface area contributed by atoms with Crippen LogP contribution in [0.15, 0.2) is 53.7 Å². The van der Waals surface area contributed by atoms with Crippen molar-refractivity contribution in [3.8, 4) is 22.4 Å². The highest BCUT2D eigenvalue weighted by Gasteiger charge is 2.18. The lowest BCUT2D eigenvalue weighted by Crippen LogP contribution is -2.31. The van der Waals surface area contributed by atoms with Crippen LogP contribution in [0.3, 0.4) is 0 Å². The standard InChI is InChI=1S/C22H23N5OS/c1-3-27(2)29-17-5-7-20(25-13-17)16-11-19(21(23)26-12-16)14-4-6-18-15(10-14)8-9-24-22(18)28/h4-7,10-13H,3,8-9H2,1-2H3,(H2,23,26)(H,24,28). The Morgan fingerprint density at radius 2 is 1.97 bits per heavy atom. The van der Waals surface area contributed by atoms with Crippen molar-refractivity contribution in [3.63, 3.8) is 0 Å². The van der Waals surface area contributed by atoms with Crippen molar-refractivity contribution in [1.82, 2.24) is 19.6 Å². The quantitative estimate of drug-likeness (QED) is 0.631. The van der Waals surface area contributed by atoms with E-state index in [-0.39, 0.29) is 5.91 Å². The van der Waals surface area contributed by atoms with Crippen LogP contribution in [0.1, 0.15) is 22.8 Å². The fourth-order valence-electron chi connectivity index (χ4n) is 3.29. The molecule has 0 aliphatic carbocycles. The Bertz CT molecular complexity index is 1050. The first-order valence-corrected chi connectivity index (χ1v) is 10.3. The zero-order valence-electron chi connectivity index (χ0n) is 16.5. The first kappa shape index (κ1) is 19.4. The predicted octanol–water partition coefficient (Wildman–Crippen LogP) is 3.64. The molecule has 2 aromatic heterocycles. The maximum Gasteiger partial charge on any atom is 0.251 e. The highest BCUT2D eigenvalue weighted by molar-refractivity contribution is 7.97. The van der Waals surface area contributed by atoms with Gasteiger partial charge < -0.3 is 11.1 Å². The van der Waals surface area contributed by atoms with Crippen LogP contribution < -0.4 is 11.1 Å². The van der Waals surface area contributed by atoms with Gasteiger partial charge in [-0.2, -0.15) is 0 Å². The van der Waals surface area contributed by atoms with Gasteiger partial charge in [-0.25, -0.2) is 9.29 Å². The summed E-state index contributed by atoms with van der Waals surface area (Å²) in [5.41, 5.74) is 11.5. The van der Waals surface area contributed by atoms with E-state index in [2.05, 4.69) is 39.6 Å². The number of fused-ring (bicyclic) bond motifs is 1. The van der Waals surface area contributed by atoms with Crippen molar-refractivity contribution in [3.05, 3.63) is 59.9 Å². The molecule has 7 heteroatoms. The fraction of sp³-hybridized carbons (Fsp3) is 0.227. The average molecular weight is 406 g/mol. The van der Waals surface area contributed by atoms with Gasteiger partial charge >= 0.3 is 0 Å². The summed E-state index contributed by atoms with van der Waals surface area (Å²) in [6, 6.07) is 11.9. The average Bonchev–Trinajstić information content (AvgIpc) is 2.74. The van der Waals surface area contributed by atoms with E-state index >= 15 is 0 Å². The molecular formula is C22H23N5OS. The minimum atomic E-state index is -0.0199. The summed E-state index contributed by atoms with van der Waals surface area (Å²) in [6.45, 7) is 3.73. The lowest BCUT2D eigenvalue weighted by molar-refractivity contribution is 0.0946. The zero-order valence-corrected chi connectivity index (χ0v) is 17.3. The molecule has 0 atom stereocenters. The van der Waals surface area contributed by atoms with Crippen LogP contribution in [0, 0.1) is 0 Å². The van der Waals surface area contributed by atoms with Gasteiger partial charge in [0.15, 0.2) is 0 Å². The molecule has 0 spiro atoms. The number of hydrogen-bond donors (Lipinski definition) is 2. The number of pyridine rings is 2. The molecule has 1 aliphatic rings. The van der Waals surface area contributed by atoms with Crippen LogP contribution in [0.4, 0.5) is 5.82 Å². The molecular weight excluding hydrogens is 382 g/mol. The van der Waals surface area contributed by atoms with Crippen LogP contribution in [-0.2, 0) is 6.42 Å². The van der Waals surface area contributed by atoms with Crippen molar-refractivity contribution < 1.29 is 4.79 Å². The fourth-order valence-corrected chi connectivity index (χ4v) is 4.01. The molecule has 3 heterocycles. The van der Waals surface area contributed by atoms with E-state index < -0.39 is 0 Å². The molecule has 3 N–H and O–H groups in total. The molecule has 148 valence electrons. The Balaban J connectivity index is 1.65. The summed E-state index contributed by atoms with van der Waals surface area (Å²) < 4.78 is 2.15. The van der Waals surface area contributed by atoms with Crippen molar-refractivity contribution in [2.45, 2.75) is 18.2 Å². The summed E-state index contributed by atoms with van der Waals surface area (Å²) in [4.78, 5) is 22.1. The van der Waals surface area contributed by atoms with Crippen LogP contribution in [0.5, 0.6) is 0 Å². The van der Waals surface area contributed by atoms with Crippen molar-refractivity contribution >= 4 is 23.7 Å². The van der Waals surface area contributed by atoms with E-state index in [0.29, 0.717) is 12.4 Å². The van der Waals surface area contributed by atoms with Gasteiger partial charge in [0.05, 0.1) is 5.69 Å². The molecule has 4 rings (SSSR count). The van der Waals surface area contributed by atoms with Crippen LogP contribution >= 0.6 is 11.9 Å². The van der Waals surface area contributed by atoms with Gasteiger partial charge in [-0.05, 0) is 60.8 Å². The minimum absolute atomic E-state index is 0.0199. The number of nitrogens with two attached hydrogens (primary N) is 1. The third-order valence-electron chi connectivity index (χ3n) is 5.00. The van der Waals surface area contributed by atoms with E-state index in [1.165, 1.54) is 0 Å². The van der Waals surface area contributed by atoms with Gasteiger partial charge in [0.25, 0.3) is 5.91 Å². The third-order valence-corrected chi connectivity index (χ3v) is 6.02. The third kappa shape index (κ3) is 4.11. The smallest absolute Gasteiger partial charge is 0.251 e. The van der Waals surface area contributed by atoms with Gasteiger partial charge in [0.2, 0.25) is 0 Å². The molecule has 6 nitrogen and oxygen atoms in total. The largest absolute Gasteiger partial charge is 0.383 e. The zero-order chi connectivity index (χ0) is 20.4. The Morgan fingerprint density at radius 3 is 2.72 bits per heavy atom. The number of carbonyl (C=O) groups is 1. The normalized spacial score (nSPS) is 13.3. The van der Waals surface area contributed by atoms with Crippen LogP contribution in [-0.4, -0.2) is 40.3 Å². The Hall–Kier alpha value is -2.90. The van der Waals surface area contributed by atoms with Crippen molar-refractivity contribution in [2.24, 2.45) is 0 Å². The van der Waals surface area contributed by atoms with Crippen LogP contribution in [0.2, 0.25) is 0 Å². The van der Waals surface area contributed by atoms with E-state index in [0.717, 1.165) is 51.4 Å². The first-order chi connectivity index (χ1) is 14.0. The predicted molar refractivity (Wildman–Crippen MR) is 118 cm³/mol. The first-order valence-electron chi connectivity index (χ1n) is 9.57. The number of nitrogen functional groups attached to an aromatic ring is 1. The number of benzene rings is 1. The highest BCUT2D eigenvalue weighted by atomic mass is 32.2. The van der Waals surface area contributed by atoms with Gasteiger partial charge in [0.1, 0.15) is 5.82 Å². The van der Waals surface area contributed by atoms with E-state index in [1.807, 2.05) is 36.5 Å². The Kier molecular flexibility index (Phi) is 5.51. The van der Waals surface area contributed by atoms with E-state index in [1.54, 1.807) is 18.1 Å². The van der Waals surface area contributed by atoms with Gasteiger partial charge in [-0.3, -0.25) is 9.78 Å². The number of nitrogens with zero attached hydrogens (tertiary/aromatic N) is 3. The molecule has 1 amide bonds. The number of amides is 1. The van der Waals surface area contributed by atoms with Gasteiger partial charge in [-0.15, -0.1) is 0 Å². The second-order valence-corrected chi connectivity index (χ2v) is 8.23. The number of rotatable bonds is 5. The topological polar surface area (TPSA) is 84.1 Å². The van der Waals surface area contributed by atoms with Crippen molar-refractivity contribution in [2.75, 3.05) is 25.9 Å². The van der Waals surface area contributed by atoms with Crippen LogP contribution in [0.25, 0.3) is 22.4 Å². The summed E-state index contributed by atoms with van der Waals surface area (Å²) >= 11 is 1.67. The molecule has 0 radical (unpaired) electrons. The van der Waals surface area contributed by atoms with E-state index in [9.17, 15) is 4.79 Å². The Labute approximate surface area is 174 Å². The molecule has 0 saturated heterocycles. The number of nitrogens with one attached hydrogen (secondary N) is 1. The monoisotopic (exact) mass is 405 g/mol. The maximum absolute atomic E-state index is 12.0. The van der Waals surface area contributed by atoms with Gasteiger partial charge in [0, 0.05) is 47.1 Å². The summed E-state index contributed by atoms with van der Waals surface area (Å²) in [7, 11) is 2.05. The molecule has 3 aromatic rings. The SMILES string of the molecule is CCN(C)Sc1ccc(-c2cnc(N)c(-c3ccc4c(c3)CCNC4=O)c2)nc1. The maximum atomic E-state index is 12.0. The molecule has 0 bridgehead atoms. The van der Waals surface area contributed by atoms with E-state index in [4.69, 9.17) is 5.73 Å². The highest BCUT2D eigenvalue weighted by Crippen LogP contribution is 2.31. The Morgan fingerprint density at radius 1 is 1.10 bits per heavy atom. The second-order valence-electron chi connectivity index (χ2n) is 6.95. The number of anilines is 1. The number of hydrogen-bond acceptors (Lipinski definition) is 6. The van der Waals surface area contributed by atoms with Gasteiger partial charge in [-0.1, -0.05) is 19.1 Å². The molecule has 1 aliphatic heterocycles. The lowest BCUT2D eigenvalue weighted by atomic mass is 9.94. The number of aromatic nitrogens is 2. The molecule has 0 fully saturated rings. The van der Waals surface area contributed by atoms with Crippen molar-refractivity contribution in [1.29, 1.82) is 0 Å². The lowest BCUT2D eigenvalue weighted by Gasteiger charge is -2.18. The minimum Gasteiger partial charge on any atom is -0.383 e. The number of carbonyl (C=O) groups excluding carboxylic acids is 1. The molecule has 1 aromatic carbocycles. The summed E-state index contributed by atoms with van der Waals surface area (Å²) in [5.74, 6) is 0.444. The summed E-state index contributed by atoms with van der Waals surface area (Å²) in [5, 5.41) is 2.87. The second kappa shape index (κ2) is 8.23. The molecule has 29 heavy (non-hydrogen) atoms. The molecule has 0 saturated carbocycles.